The molecule has 3 aromatic carbocycles. The van der Waals surface area contributed by atoms with Crippen LogP contribution >= 0.6 is 27.3 Å². The van der Waals surface area contributed by atoms with Crippen molar-refractivity contribution < 1.29 is 4.92 Å². The monoisotopic (exact) mass is 586 g/mol. The summed E-state index contributed by atoms with van der Waals surface area (Å²) in [7, 11) is 3.96. The third-order valence-corrected chi connectivity index (χ3v) is 8.64. The first-order chi connectivity index (χ1) is 18.3. The molecule has 1 aliphatic heterocycles. The maximum absolute atomic E-state index is 13.9. The summed E-state index contributed by atoms with van der Waals surface area (Å²) >= 11 is 4.98. The van der Waals surface area contributed by atoms with E-state index >= 15 is 0 Å². The standard InChI is InChI=1S/C29H23BrN4O3S/c1-32(2)24-13-10-17(14-23(24)30)15-25-28(35)33-27(19-7-5-8-20(16-19)34(36)37)22-12-11-18-6-3-4-9-21(18)26(22)31-29(33)38-25/h3-10,13-16,27H,11-12H2,1-2H3/b25-15+/t27-/m1/s1. The number of aryl methyl sites for hydroxylation is 1. The molecule has 38 heavy (non-hydrogen) atoms. The van der Waals surface area contributed by atoms with Crippen LogP contribution in [-0.4, -0.2) is 23.6 Å². The maximum Gasteiger partial charge on any atom is 0.271 e. The Balaban J connectivity index is 1.59. The third kappa shape index (κ3) is 4.12. The Morgan fingerprint density at radius 3 is 2.68 bits per heavy atom. The number of rotatable bonds is 4. The van der Waals surface area contributed by atoms with E-state index in [2.05, 4.69) is 28.1 Å². The van der Waals surface area contributed by atoms with Gasteiger partial charge in [0, 0.05) is 36.3 Å². The minimum absolute atomic E-state index is 0.00539. The topological polar surface area (TPSA) is 80.7 Å². The fourth-order valence-corrected chi connectivity index (χ4v) is 7.01. The van der Waals surface area contributed by atoms with E-state index in [1.54, 1.807) is 16.7 Å². The Hall–Kier alpha value is -3.82. The second-order valence-corrected chi connectivity index (χ2v) is 11.4. The molecule has 9 heteroatoms. The molecule has 2 aliphatic rings. The van der Waals surface area contributed by atoms with Crippen LogP contribution in [0.5, 0.6) is 0 Å². The molecule has 0 N–H and O–H groups in total. The number of hydrogen-bond donors (Lipinski definition) is 0. The van der Waals surface area contributed by atoms with Crippen LogP contribution in [0.4, 0.5) is 11.4 Å². The summed E-state index contributed by atoms with van der Waals surface area (Å²) in [6.07, 6.45) is 3.44. The molecule has 0 spiro atoms. The van der Waals surface area contributed by atoms with E-state index in [1.165, 1.54) is 23.0 Å². The molecule has 6 rings (SSSR count). The molecular formula is C29H23BrN4O3S. The van der Waals surface area contributed by atoms with Crippen molar-refractivity contribution in [3.63, 3.8) is 0 Å². The van der Waals surface area contributed by atoms with Gasteiger partial charge >= 0.3 is 0 Å². The van der Waals surface area contributed by atoms with Gasteiger partial charge in [-0.2, -0.15) is 0 Å². The lowest BCUT2D eigenvalue weighted by atomic mass is 9.83. The van der Waals surface area contributed by atoms with E-state index in [4.69, 9.17) is 4.99 Å². The normalized spacial score (nSPS) is 16.4. The molecule has 190 valence electrons. The fourth-order valence-electron chi connectivity index (χ4n) is 5.26. The minimum Gasteiger partial charge on any atom is -0.377 e. The predicted molar refractivity (Wildman–Crippen MR) is 154 cm³/mol. The van der Waals surface area contributed by atoms with Crippen molar-refractivity contribution in [2.24, 2.45) is 4.99 Å². The van der Waals surface area contributed by atoms with E-state index < -0.39 is 11.0 Å². The zero-order valence-electron chi connectivity index (χ0n) is 20.7. The van der Waals surface area contributed by atoms with Crippen molar-refractivity contribution in [3.8, 4) is 0 Å². The zero-order chi connectivity index (χ0) is 26.6. The number of nitrogens with zero attached hydrogens (tertiary/aromatic N) is 4. The molecule has 1 aliphatic carbocycles. The fraction of sp³-hybridized carbons (Fsp3) is 0.172. The van der Waals surface area contributed by atoms with Gasteiger partial charge in [-0.1, -0.05) is 53.8 Å². The number of non-ortho nitro benzene ring substituents is 1. The summed E-state index contributed by atoms with van der Waals surface area (Å²) in [5.41, 5.74) is 6.67. The molecule has 0 bridgehead atoms. The van der Waals surface area contributed by atoms with Crippen LogP contribution in [0.1, 0.15) is 34.7 Å². The van der Waals surface area contributed by atoms with E-state index in [0.29, 0.717) is 14.9 Å². The highest BCUT2D eigenvalue weighted by Crippen LogP contribution is 2.41. The maximum atomic E-state index is 13.9. The van der Waals surface area contributed by atoms with Crippen molar-refractivity contribution in [2.75, 3.05) is 19.0 Å². The largest absolute Gasteiger partial charge is 0.377 e. The van der Waals surface area contributed by atoms with Gasteiger partial charge in [0.1, 0.15) is 0 Å². The lowest BCUT2D eigenvalue weighted by Crippen LogP contribution is -2.38. The second-order valence-electron chi connectivity index (χ2n) is 9.57. The molecule has 0 unspecified atom stereocenters. The Morgan fingerprint density at radius 2 is 1.92 bits per heavy atom. The zero-order valence-corrected chi connectivity index (χ0v) is 23.1. The van der Waals surface area contributed by atoms with Gasteiger partial charge in [-0.15, -0.1) is 0 Å². The van der Waals surface area contributed by atoms with Crippen LogP contribution in [0.3, 0.4) is 0 Å². The van der Waals surface area contributed by atoms with Gasteiger partial charge in [0.05, 0.1) is 26.9 Å². The second kappa shape index (κ2) is 9.49. The third-order valence-electron chi connectivity index (χ3n) is 7.02. The van der Waals surface area contributed by atoms with Gasteiger partial charge in [0.25, 0.3) is 11.2 Å². The number of halogens is 1. The number of nitro groups is 1. The predicted octanol–water partition coefficient (Wildman–Crippen LogP) is 5.06. The number of anilines is 1. The van der Waals surface area contributed by atoms with Crippen LogP contribution in [0.15, 0.2) is 86.6 Å². The first kappa shape index (κ1) is 24.5. The molecule has 1 aromatic heterocycles. The summed E-state index contributed by atoms with van der Waals surface area (Å²) in [5, 5.41) is 11.6. The van der Waals surface area contributed by atoms with Gasteiger partial charge in [0.15, 0.2) is 4.80 Å². The molecule has 0 saturated heterocycles. The summed E-state index contributed by atoms with van der Waals surface area (Å²) in [4.78, 5) is 32.7. The summed E-state index contributed by atoms with van der Waals surface area (Å²) < 4.78 is 3.22. The van der Waals surface area contributed by atoms with Crippen molar-refractivity contribution >= 4 is 50.4 Å². The van der Waals surface area contributed by atoms with E-state index in [9.17, 15) is 14.9 Å². The van der Waals surface area contributed by atoms with Crippen LogP contribution in [0.25, 0.3) is 11.8 Å². The lowest BCUT2D eigenvalue weighted by molar-refractivity contribution is -0.384. The van der Waals surface area contributed by atoms with E-state index in [0.717, 1.165) is 45.4 Å². The van der Waals surface area contributed by atoms with Gasteiger partial charge < -0.3 is 4.90 Å². The van der Waals surface area contributed by atoms with Crippen molar-refractivity contribution in [2.45, 2.75) is 18.9 Å². The Kier molecular flexibility index (Phi) is 6.12. The molecule has 7 nitrogen and oxygen atoms in total. The molecule has 0 radical (unpaired) electrons. The molecule has 1 atom stereocenters. The number of benzene rings is 3. The first-order valence-corrected chi connectivity index (χ1v) is 13.8. The summed E-state index contributed by atoms with van der Waals surface area (Å²) in [5.74, 6) is 0. The highest BCUT2D eigenvalue weighted by atomic mass is 79.9. The number of fused-ring (bicyclic) bond motifs is 3. The Bertz CT molecular complexity index is 1840. The number of aromatic nitrogens is 1. The lowest BCUT2D eigenvalue weighted by Gasteiger charge is -2.30. The van der Waals surface area contributed by atoms with Gasteiger partial charge in [-0.3, -0.25) is 19.5 Å². The molecule has 0 saturated carbocycles. The van der Waals surface area contributed by atoms with Gasteiger partial charge in [-0.25, -0.2) is 4.99 Å². The van der Waals surface area contributed by atoms with Crippen LogP contribution in [-0.2, 0) is 6.42 Å². The summed E-state index contributed by atoms with van der Waals surface area (Å²) in [6.45, 7) is 0. The highest BCUT2D eigenvalue weighted by molar-refractivity contribution is 9.10. The van der Waals surface area contributed by atoms with Crippen LogP contribution in [0.2, 0.25) is 0 Å². The number of hydrogen-bond acceptors (Lipinski definition) is 6. The number of allylic oxidation sites excluding steroid dienone is 1. The Morgan fingerprint density at radius 1 is 1.11 bits per heavy atom. The highest BCUT2D eigenvalue weighted by Gasteiger charge is 2.33. The van der Waals surface area contributed by atoms with E-state index in [-0.39, 0.29) is 11.2 Å². The molecular weight excluding hydrogens is 564 g/mol. The molecule has 4 aromatic rings. The quantitative estimate of drug-likeness (QED) is 0.247. The van der Waals surface area contributed by atoms with Crippen molar-refractivity contribution in [1.82, 2.24) is 4.57 Å². The van der Waals surface area contributed by atoms with Crippen molar-refractivity contribution in [3.05, 3.63) is 129 Å². The number of nitro benzene ring substituents is 1. The summed E-state index contributed by atoms with van der Waals surface area (Å²) in [6, 6.07) is 20.3. The van der Waals surface area contributed by atoms with Crippen LogP contribution < -0.4 is 19.8 Å². The molecule has 0 amide bonds. The van der Waals surface area contributed by atoms with Gasteiger partial charge in [0.2, 0.25) is 0 Å². The average Bonchev–Trinajstić information content (AvgIpc) is 3.21. The van der Waals surface area contributed by atoms with Crippen LogP contribution in [0, 0.1) is 10.1 Å². The SMILES string of the molecule is CN(C)c1ccc(/C=c2/sc3n(c2=O)[C@H](c2cccc([N+](=O)[O-])c2)C2=C(N=3)c3ccccc3CC2)cc1Br. The van der Waals surface area contributed by atoms with E-state index in [1.807, 2.05) is 61.5 Å². The smallest absolute Gasteiger partial charge is 0.271 e. The number of thiazole rings is 1. The molecule has 0 fully saturated rings. The van der Waals surface area contributed by atoms with Gasteiger partial charge in [-0.05, 0) is 69.2 Å². The average molecular weight is 587 g/mol. The first-order valence-electron chi connectivity index (χ1n) is 12.2. The Labute approximate surface area is 231 Å². The van der Waals surface area contributed by atoms with Crippen molar-refractivity contribution in [1.29, 1.82) is 0 Å². The minimum atomic E-state index is -0.459. The molecule has 2 heterocycles.